The molecule has 3 nitrogen and oxygen atoms in total. The summed E-state index contributed by atoms with van der Waals surface area (Å²) in [4.78, 5) is 17.8. The Morgan fingerprint density at radius 2 is 0.844 bits per heavy atom. The Hall–Kier alpha value is -4.39. The van der Waals surface area contributed by atoms with Gasteiger partial charge in [-0.3, -0.25) is 4.79 Å². The monoisotopic (exact) mass is 622 g/mol. The first-order valence-corrected chi connectivity index (χ1v) is 16.5. The van der Waals surface area contributed by atoms with Crippen molar-refractivity contribution in [1.82, 2.24) is 0 Å². The molecule has 7 rings (SSSR count). The zero-order valence-electron chi connectivity index (χ0n) is 24.3. The highest BCUT2D eigenvalue weighted by Gasteiger charge is 2.45. The van der Waals surface area contributed by atoms with E-state index in [9.17, 15) is 15.0 Å². The SMILES string of the molecule is O=C1C(=C2C=C(c3ccccc3)SC(c3ccccc3)=C2)C(O)C(C=C2C=C(c3ccccc3)SC(c3ccccc3)=C2)C1O. The van der Waals surface area contributed by atoms with Gasteiger partial charge in [-0.25, -0.2) is 0 Å². The molecule has 2 heterocycles. The average molecular weight is 623 g/mol. The molecule has 3 atom stereocenters. The fourth-order valence-electron chi connectivity index (χ4n) is 5.82. The van der Waals surface area contributed by atoms with Crippen molar-refractivity contribution in [2.45, 2.75) is 12.2 Å². The smallest absolute Gasteiger partial charge is 0.191 e. The van der Waals surface area contributed by atoms with E-state index in [1.807, 2.05) is 115 Å². The molecule has 5 heteroatoms. The van der Waals surface area contributed by atoms with Gasteiger partial charge in [0, 0.05) is 31.1 Å². The molecule has 4 aromatic carbocycles. The fraction of sp³-hybridized carbons (Fsp3) is 0.0750. The standard InChI is InChI=1S/C40H30O3S2/c41-38-32(21-26-22-33(27-13-5-1-6-14-27)44-34(23-26)28-15-7-2-8-16-28)39(42)40(43)37(38)31-24-35(29-17-9-3-10-18-29)45-36(25-31)30-19-11-4-12-20-30/h1-25,32,38-39,41-42H. The molecule has 0 spiro atoms. The van der Waals surface area contributed by atoms with E-state index in [0.717, 1.165) is 47.4 Å². The Balaban J connectivity index is 1.32. The lowest BCUT2D eigenvalue weighted by molar-refractivity contribution is -0.122. The number of hydrogen-bond donors (Lipinski definition) is 2. The molecule has 0 radical (unpaired) electrons. The van der Waals surface area contributed by atoms with Gasteiger partial charge in [-0.05, 0) is 57.7 Å². The summed E-state index contributed by atoms with van der Waals surface area (Å²) in [7, 11) is 0. The van der Waals surface area contributed by atoms with Gasteiger partial charge in [0.25, 0.3) is 0 Å². The lowest BCUT2D eigenvalue weighted by atomic mass is 9.96. The Labute approximate surface area is 271 Å². The Bertz CT molecular complexity index is 1800. The minimum absolute atomic E-state index is 0.247. The number of aliphatic hydroxyl groups is 2. The number of carbonyl (C=O) groups is 1. The number of benzene rings is 4. The van der Waals surface area contributed by atoms with Gasteiger partial charge in [-0.1, -0.05) is 151 Å². The number of ketones is 1. The molecule has 0 aromatic heterocycles. The highest BCUT2D eigenvalue weighted by atomic mass is 32.2. The van der Waals surface area contributed by atoms with Crippen LogP contribution >= 0.6 is 23.5 Å². The second-order valence-corrected chi connectivity index (χ2v) is 13.2. The van der Waals surface area contributed by atoms with Crippen LogP contribution in [0.3, 0.4) is 0 Å². The molecule has 45 heavy (non-hydrogen) atoms. The van der Waals surface area contributed by atoms with Crippen molar-refractivity contribution in [2.75, 3.05) is 0 Å². The lowest BCUT2D eigenvalue weighted by Crippen LogP contribution is -2.23. The van der Waals surface area contributed by atoms with E-state index in [1.54, 1.807) is 23.5 Å². The quantitative estimate of drug-likeness (QED) is 0.218. The number of aliphatic hydroxyl groups excluding tert-OH is 2. The maximum atomic E-state index is 13.7. The summed E-state index contributed by atoms with van der Waals surface area (Å²) in [5, 5.41) is 23.1. The summed E-state index contributed by atoms with van der Waals surface area (Å²) < 4.78 is 0. The predicted octanol–water partition coefficient (Wildman–Crippen LogP) is 8.79. The first kappa shape index (κ1) is 29.3. The van der Waals surface area contributed by atoms with Crippen LogP contribution in [-0.4, -0.2) is 28.2 Å². The summed E-state index contributed by atoms with van der Waals surface area (Å²) in [6.07, 6.45) is 7.39. The lowest BCUT2D eigenvalue weighted by Gasteiger charge is -2.20. The van der Waals surface area contributed by atoms with Gasteiger partial charge in [-0.15, -0.1) is 0 Å². The van der Waals surface area contributed by atoms with Crippen LogP contribution in [0, 0.1) is 5.92 Å². The maximum absolute atomic E-state index is 13.7. The van der Waals surface area contributed by atoms with Crippen LogP contribution < -0.4 is 0 Å². The third-order valence-electron chi connectivity index (χ3n) is 8.10. The van der Waals surface area contributed by atoms with E-state index in [2.05, 4.69) is 36.4 Å². The molecule has 1 saturated carbocycles. The van der Waals surface area contributed by atoms with E-state index in [-0.39, 0.29) is 5.57 Å². The molecule has 2 N–H and O–H groups in total. The van der Waals surface area contributed by atoms with Crippen molar-refractivity contribution in [3.8, 4) is 0 Å². The van der Waals surface area contributed by atoms with Crippen LogP contribution in [0.1, 0.15) is 22.3 Å². The number of rotatable bonds is 5. The summed E-state index contributed by atoms with van der Waals surface area (Å²) in [6.45, 7) is 0. The van der Waals surface area contributed by atoms with Crippen molar-refractivity contribution in [2.24, 2.45) is 5.92 Å². The van der Waals surface area contributed by atoms with E-state index >= 15 is 0 Å². The van der Waals surface area contributed by atoms with Gasteiger partial charge in [-0.2, -0.15) is 0 Å². The molecule has 2 aliphatic heterocycles. The molecule has 3 aliphatic rings. The molecule has 1 fully saturated rings. The minimum atomic E-state index is -1.36. The van der Waals surface area contributed by atoms with Crippen molar-refractivity contribution in [3.63, 3.8) is 0 Å². The normalized spacial score (nSPS) is 21.6. The van der Waals surface area contributed by atoms with Crippen LogP contribution in [0.15, 0.2) is 168 Å². The van der Waals surface area contributed by atoms with Crippen LogP contribution in [0.2, 0.25) is 0 Å². The van der Waals surface area contributed by atoms with Gasteiger partial charge in [0.15, 0.2) is 5.78 Å². The average Bonchev–Trinajstić information content (AvgIpc) is 3.32. The number of Topliss-reactive ketones (excluding diaryl/α,β-unsaturated/α-hetero) is 1. The summed E-state index contributed by atoms with van der Waals surface area (Å²) in [5.74, 6) is -1.24. The number of carbonyl (C=O) groups excluding carboxylic acids is 1. The molecular formula is C40H30O3S2. The van der Waals surface area contributed by atoms with Gasteiger partial charge >= 0.3 is 0 Å². The van der Waals surface area contributed by atoms with E-state index in [1.165, 1.54) is 0 Å². The Morgan fingerprint density at radius 1 is 0.489 bits per heavy atom. The molecular weight excluding hydrogens is 593 g/mol. The van der Waals surface area contributed by atoms with Crippen molar-refractivity contribution >= 4 is 48.9 Å². The zero-order valence-corrected chi connectivity index (χ0v) is 25.9. The van der Waals surface area contributed by atoms with E-state index < -0.39 is 23.9 Å². The van der Waals surface area contributed by atoms with E-state index in [4.69, 9.17) is 0 Å². The highest BCUT2D eigenvalue weighted by molar-refractivity contribution is 8.17. The third-order valence-corrected chi connectivity index (χ3v) is 10.4. The van der Waals surface area contributed by atoms with Crippen LogP contribution in [0.5, 0.6) is 0 Å². The third kappa shape index (κ3) is 6.13. The van der Waals surface area contributed by atoms with Gasteiger partial charge in [0.1, 0.15) is 6.10 Å². The largest absolute Gasteiger partial charge is 0.388 e. The van der Waals surface area contributed by atoms with Crippen LogP contribution in [0.4, 0.5) is 0 Å². The first-order chi connectivity index (χ1) is 22.0. The second kappa shape index (κ2) is 12.9. The number of thioether (sulfide) groups is 2. The molecule has 0 saturated heterocycles. The zero-order chi connectivity index (χ0) is 30.8. The molecule has 4 aromatic rings. The van der Waals surface area contributed by atoms with Crippen molar-refractivity contribution < 1.29 is 15.0 Å². The first-order valence-electron chi connectivity index (χ1n) is 14.9. The minimum Gasteiger partial charge on any atom is -0.388 e. The molecule has 220 valence electrons. The van der Waals surface area contributed by atoms with Crippen LogP contribution in [-0.2, 0) is 4.79 Å². The van der Waals surface area contributed by atoms with Crippen molar-refractivity contribution in [3.05, 3.63) is 191 Å². The topological polar surface area (TPSA) is 57.5 Å². The molecule has 0 bridgehead atoms. The van der Waals surface area contributed by atoms with Gasteiger partial charge < -0.3 is 10.2 Å². The van der Waals surface area contributed by atoms with Gasteiger partial charge in [0.05, 0.1) is 6.10 Å². The number of hydrogen-bond acceptors (Lipinski definition) is 5. The van der Waals surface area contributed by atoms with Gasteiger partial charge in [0.2, 0.25) is 0 Å². The Kier molecular flexibility index (Phi) is 8.42. The highest BCUT2D eigenvalue weighted by Crippen LogP contribution is 2.47. The summed E-state index contributed by atoms with van der Waals surface area (Å²) in [6, 6.07) is 40.4. The maximum Gasteiger partial charge on any atom is 0.191 e. The molecule has 1 aliphatic carbocycles. The summed E-state index contributed by atoms with van der Waals surface area (Å²) >= 11 is 3.32. The second-order valence-electron chi connectivity index (χ2n) is 11.1. The number of allylic oxidation sites excluding steroid dienone is 6. The molecule has 3 unspecified atom stereocenters. The fourth-order valence-corrected chi connectivity index (χ4v) is 8.07. The van der Waals surface area contributed by atoms with E-state index in [0.29, 0.717) is 5.57 Å². The predicted molar refractivity (Wildman–Crippen MR) is 188 cm³/mol. The van der Waals surface area contributed by atoms with Crippen molar-refractivity contribution in [1.29, 1.82) is 0 Å². The summed E-state index contributed by atoms with van der Waals surface area (Å²) in [5.41, 5.74) is 5.93. The Morgan fingerprint density at radius 3 is 1.22 bits per heavy atom. The van der Waals surface area contributed by atoms with Crippen LogP contribution in [0.25, 0.3) is 19.6 Å². The molecule has 0 amide bonds.